The van der Waals surface area contributed by atoms with Crippen LogP contribution in [0, 0.1) is 11.3 Å². The molecule has 0 aliphatic heterocycles. The van der Waals surface area contributed by atoms with E-state index in [0.29, 0.717) is 5.56 Å². The van der Waals surface area contributed by atoms with E-state index in [2.05, 4.69) is 27.5 Å². The number of aromatic nitrogens is 2. The highest BCUT2D eigenvalue weighted by Gasteiger charge is 2.14. The number of likely N-dealkylation sites (N-methyl/N-ethyl adjacent to an activating group) is 1. The lowest BCUT2D eigenvalue weighted by atomic mass is 10.1. The minimum atomic E-state index is 0.0395. The molecule has 0 aliphatic carbocycles. The van der Waals surface area contributed by atoms with E-state index in [1.165, 1.54) is 0 Å². The first kappa shape index (κ1) is 17.6. The molecule has 2 aromatic rings. The number of rotatable bonds is 9. The molecule has 0 fully saturated rings. The molecule has 2 rings (SSSR count). The van der Waals surface area contributed by atoms with Gasteiger partial charge in [-0.25, -0.2) is 0 Å². The topological polar surface area (TPSA) is 62.0 Å². The summed E-state index contributed by atoms with van der Waals surface area (Å²) in [5.74, 6) is 0.774. The van der Waals surface area contributed by atoms with E-state index in [9.17, 15) is 0 Å². The normalized spacial score (nSPS) is 11.7. The number of nitriles is 1. The summed E-state index contributed by atoms with van der Waals surface area (Å²) in [4.78, 5) is 10.6. The van der Waals surface area contributed by atoms with Crippen molar-refractivity contribution < 1.29 is 4.74 Å². The highest BCUT2D eigenvalue weighted by atomic mass is 16.5. The summed E-state index contributed by atoms with van der Waals surface area (Å²) in [5, 5.41) is 8.87. The molecule has 0 amide bonds. The SMILES string of the molecule is C=CCCC(CN(C)Cc1cnccn1)Oc1ccc(C#N)cc1. The Bertz CT molecular complexity index is 664. The van der Waals surface area contributed by atoms with Gasteiger partial charge in [-0.15, -0.1) is 6.58 Å². The molecule has 5 nitrogen and oxygen atoms in total. The molecule has 24 heavy (non-hydrogen) atoms. The van der Waals surface area contributed by atoms with Crippen molar-refractivity contribution in [3.63, 3.8) is 0 Å². The first-order valence-electron chi connectivity index (χ1n) is 7.92. The zero-order chi connectivity index (χ0) is 17.2. The molecule has 0 N–H and O–H groups in total. The molecule has 0 saturated heterocycles. The molecule has 1 aromatic heterocycles. The van der Waals surface area contributed by atoms with Crippen molar-refractivity contribution in [1.29, 1.82) is 5.26 Å². The quantitative estimate of drug-likeness (QED) is 0.663. The predicted octanol–water partition coefficient (Wildman–Crippen LogP) is 3.19. The van der Waals surface area contributed by atoms with Gasteiger partial charge in [0, 0.05) is 31.7 Å². The molecule has 0 saturated carbocycles. The van der Waals surface area contributed by atoms with Crippen molar-refractivity contribution in [1.82, 2.24) is 14.9 Å². The minimum absolute atomic E-state index is 0.0395. The van der Waals surface area contributed by atoms with Crippen LogP contribution in [0.15, 0.2) is 55.5 Å². The summed E-state index contributed by atoms with van der Waals surface area (Å²) < 4.78 is 6.09. The van der Waals surface area contributed by atoms with Gasteiger partial charge in [0.15, 0.2) is 0 Å². The zero-order valence-corrected chi connectivity index (χ0v) is 13.9. The lowest BCUT2D eigenvalue weighted by molar-refractivity contribution is 0.136. The Morgan fingerprint density at radius 1 is 1.33 bits per heavy atom. The number of ether oxygens (including phenoxy) is 1. The average molecular weight is 322 g/mol. The zero-order valence-electron chi connectivity index (χ0n) is 13.9. The molecule has 1 atom stereocenters. The number of benzene rings is 1. The summed E-state index contributed by atoms with van der Waals surface area (Å²) in [6.45, 7) is 5.27. The fraction of sp³-hybridized carbons (Fsp3) is 0.316. The van der Waals surface area contributed by atoms with Crippen molar-refractivity contribution in [2.24, 2.45) is 0 Å². The van der Waals surface area contributed by atoms with Crippen LogP contribution in [0.5, 0.6) is 5.75 Å². The number of allylic oxidation sites excluding steroid dienone is 1. The number of hydrogen-bond donors (Lipinski definition) is 0. The second kappa shape index (κ2) is 9.43. The Morgan fingerprint density at radius 2 is 2.12 bits per heavy atom. The molecule has 0 bridgehead atoms. The molecular weight excluding hydrogens is 300 g/mol. The van der Waals surface area contributed by atoms with E-state index >= 15 is 0 Å². The smallest absolute Gasteiger partial charge is 0.119 e. The summed E-state index contributed by atoms with van der Waals surface area (Å²) in [6.07, 6.45) is 8.86. The predicted molar refractivity (Wildman–Crippen MR) is 93.4 cm³/mol. The third-order valence-electron chi connectivity index (χ3n) is 3.54. The van der Waals surface area contributed by atoms with Crippen LogP contribution in [0.25, 0.3) is 0 Å². The van der Waals surface area contributed by atoms with Gasteiger partial charge >= 0.3 is 0 Å². The summed E-state index contributed by atoms with van der Waals surface area (Å²) in [6, 6.07) is 9.32. The second-order valence-corrected chi connectivity index (χ2v) is 5.64. The first-order chi connectivity index (χ1) is 11.7. The molecule has 0 aliphatic rings. The monoisotopic (exact) mass is 322 g/mol. The van der Waals surface area contributed by atoms with Crippen LogP contribution in [-0.4, -0.2) is 34.6 Å². The highest BCUT2D eigenvalue weighted by Crippen LogP contribution is 2.16. The summed E-state index contributed by atoms with van der Waals surface area (Å²) >= 11 is 0. The Morgan fingerprint density at radius 3 is 2.75 bits per heavy atom. The molecule has 0 spiro atoms. The Balaban J connectivity index is 1.96. The Kier molecular flexibility index (Phi) is 6.93. The van der Waals surface area contributed by atoms with Crippen LogP contribution < -0.4 is 4.74 Å². The van der Waals surface area contributed by atoms with Gasteiger partial charge in [0.05, 0.1) is 17.3 Å². The molecule has 1 heterocycles. The molecule has 5 heteroatoms. The van der Waals surface area contributed by atoms with E-state index in [-0.39, 0.29) is 6.10 Å². The van der Waals surface area contributed by atoms with Gasteiger partial charge in [-0.3, -0.25) is 14.9 Å². The first-order valence-corrected chi connectivity index (χ1v) is 7.92. The number of nitrogens with zero attached hydrogens (tertiary/aromatic N) is 4. The number of hydrogen-bond acceptors (Lipinski definition) is 5. The maximum absolute atomic E-state index is 8.87. The van der Waals surface area contributed by atoms with Gasteiger partial charge in [-0.2, -0.15) is 5.26 Å². The molecule has 1 aromatic carbocycles. The van der Waals surface area contributed by atoms with Crippen LogP contribution in [0.1, 0.15) is 24.1 Å². The maximum atomic E-state index is 8.87. The Labute approximate surface area is 143 Å². The average Bonchev–Trinajstić information content (AvgIpc) is 2.61. The van der Waals surface area contributed by atoms with E-state index < -0.39 is 0 Å². The minimum Gasteiger partial charge on any atom is -0.489 e. The second-order valence-electron chi connectivity index (χ2n) is 5.64. The van der Waals surface area contributed by atoms with Crippen LogP contribution in [0.3, 0.4) is 0 Å². The lowest BCUT2D eigenvalue weighted by Gasteiger charge is -2.24. The van der Waals surface area contributed by atoms with Gasteiger partial charge in [0.25, 0.3) is 0 Å². The maximum Gasteiger partial charge on any atom is 0.119 e. The van der Waals surface area contributed by atoms with Crippen molar-refractivity contribution in [3.05, 3.63) is 66.8 Å². The Hall–Kier alpha value is -2.71. The van der Waals surface area contributed by atoms with Gasteiger partial charge < -0.3 is 4.74 Å². The third-order valence-corrected chi connectivity index (χ3v) is 3.54. The highest BCUT2D eigenvalue weighted by molar-refractivity contribution is 5.34. The van der Waals surface area contributed by atoms with Crippen LogP contribution in [-0.2, 0) is 6.54 Å². The molecule has 1 unspecified atom stereocenters. The largest absolute Gasteiger partial charge is 0.489 e. The van der Waals surface area contributed by atoms with E-state index in [0.717, 1.165) is 37.4 Å². The van der Waals surface area contributed by atoms with Crippen LogP contribution >= 0.6 is 0 Å². The van der Waals surface area contributed by atoms with Crippen molar-refractivity contribution in [2.75, 3.05) is 13.6 Å². The molecular formula is C19H22N4O. The van der Waals surface area contributed by atoms with Gasteiger partial charge in [-0.1, -0.05) is 6.08 Å². The van der Waals surface area contributed by atoms with Gasteiger partial charge in [0.1, 0.15) is 11.9 Å². The molecule has 0 radical (unpaired) electrons. The van der Waals surface area contributed by atoms with Crippen molar-refractivity contribution in [3.8, 4) is 11.8 Å². The standard InChI is InChI=1S/C19H22N4O/c1-3-4-5-19(24-18-8-6-16(12-20)7-9-18)15-23(2)14-17-13-21-10-11-22-17/h3,6-11,13,19H,1,4-5,14-15H2,2H3. The van der Waals surface area contributed by atoms with Crippen molar-refractivity contribution in [2.45, 2.75) is 25.5 Å². The van der Waals surface area contributed by atoms with Gasteiger partial charge in [0.2, 0.25) is 0 Å². The summed E-state index contributed by atoms with van der Waals surface area (Å²) in [5.41, 5.74) is 1.56. The van der Waals surface area contributed by atoms with Crippen LogP contribution in [0.4, 0.5) is 0 Å². The fourth-order valence-corrected chi connectivity index (χ4v) is 2.39. The molecule has 124 valence electrons. The van der Waals surface area contributed by atoms with Crippen LogP contribution in [0.2, 0.25) is 0 Å². The van der Waals surface area contributed by atoms with Gasteiger partial charge in [-0.05, 0) is 44.2 Å². The van der Waals surface area contributed by atoms with E-state index in [1.54, 1.807) is 30.7 Å². The third kappa shape index (κ3) is 5.82. The van der Waals surface area contributed by atoms with Crippen molar-refractivity contribution >= 4 is 0 Å². The summed E-state index contributed by atoms with van der Waals surface area (Å²) in [7, 11) is 2.04. The van der Waals surface area contributed by atoms with E-state index in [4.69, 9.17) is 10.00 Å². The van der Waals surface area contributed by atoms with E-state index in [1.807, 2.05) is 25.3 Å². The fourth-order valence-electron chi connectivity index (χ4n) is 2.39. The lowest BCUT2D eigenvalue weighted by Crippen LogP contribution is -2.33.